The van der Waals surface area contributed by atoms with Gasteiger partial charge in [0.25, 0.3) is 5.91 Å². The first kappa shape index (κ1) is 24.6. The fraction of sp³-hybridized carbons (Fsp3) is 0.407. The molecule has 0 spiro atoms. The summed E-state index contributed by atoms with van der Waals surface area (Å²) < 4.78 is 11.9. The lowest BCUT2D eigenvalue weighted by molar-refractivity contribution is 0.0706. The molecule has 0 saturated carbocycles. The molecule has 1 aliphatic rings. The first-order valence-corrected chi connectivity index (χ1v) is 12.0. The Balaban J connectivity index is 1.80. The van der Waals surface area contributed by atoms with Crippen molar-refractivity contribution in [1.29, 1.82) is 0 Å². The van der Waals surface area contributed by atoms with Crippen LogP contribution in [0.4, 0.5) is 0 Å². The van der Waals surface area contributed by atoms with E-state index in [1.54, 1.807) is 11.0 Å². The molecule has 4 rings (SSSR count). The maximum absolute atomic E-state index is 13.3. The van der Waals surface area contributed by atoms with Gasteiger partial charge in [0.15, 0.2) is 11.5 Å². The van der Waals surface area contributed by atoms with Crippen molar-refractivity contribution < 1.29 is 24.5 Å². The molecular formula is C27H33N3O5. The highest BCUT2D eigenvalue weighted by Crippen LogP contribution is 2.46. The molecule has 1 amide bonds. The number of β-amino-alcohol motifs (C(OH)–C–C–N with tert-alkyl or cyclic N) is 1. The van der Waals surface area contributed by atoms with Crippen LogP contribution in [0.25, 0.3) is 11.3 Å². The van der Waals surface area contributed by atoms with E-state index in [1.807, 2.05) is 44.2 Å². The van der Waals surface area contributed by atoms with Gasteiger partial charge in [-0.2, -0.15) is 5.10 Å². The summed E-state index contributed by atoms with van der Waals surface area (Å²) in [5.41, 5.74) is 3.85. The number of aliphatic hydroxyl groups is 1. The van der Waals surface area contributed by atoms with Crippen molar-refractivity contribution in [3.63, 3.8) is 0 Å². The molecule has 0 bridgehead atoms. The van der Waals surface area contributed by atoms with Crippen molar-refractivity contribution in [3.05, 3.63) is 58.8 Å². The number of phenolic OH excluding ortho intramolecular Hbond substituents is 1. The Hall–Kier alpha value is -3.52. The molecule has 35 heavy (non-hydrogen) atoms. The first-order chi connectivity index (χ1) is 16.8. The fourth-order valence-electron chi connectivity index (χ4n) is 4.41. The molecule has 0 unspecified atom stereocenters. The maximum Gasteiger partial charge on any atom is 0.273 e. The SMILES string of the molecule is CCOc1cc([C@@H]2c3c(-c4cc(C)ccc4O)n[nH]c3C(=O)N2CCO)ccc1OCCC(C)C. The van der Waals surface area contributed by atoms with E-state index in [1.165, 1.54) is 0 Å². The summed E-state index contributed by atoms with van der Waals surface area (Å²) in [7, 11) is 0. The van der Waals surface area contributed by atoms with Crippen LogP contribution < -0.4 is 9.47 Å². The quantitative estimate of drug-likeness (QED) is 0.396. The lowest BCUT2D eigenvalue weighted by Gasteiger charge is -2.26. The number of amides is 1. The van der Waals surface area contributed by atoms with E-state index >= 15 is 0 Å². The molecule has 186 valence electrons. The summed E-state index contributed by atoms with van der Waals surface area (Å²) in [4.78, 5) is 14.9. The highest BCUT2D eigenvalue weighted by molar-refractivity contribution is 6.00. The van der Waals surface area contributed by atoms with Gasteiger partial charge >= 0.3 is 0 Å². The number of hydrogen-bond acceptors (Lipinski definition) is 6. The molecular weight excluding hydrogens is 446 g/mol. The summed E-state index contributed by atoms with van der Waals surface area (Å²) in [5, 5.41) is 27.6. The van der Waals surface area contributed by atoms with E-state index in [9.17, 15) is 15.0 Å². The van der Waals surface area contributed by atoms with Crippen LogP contribution in [0.1, 0.15) is 60.4 Å². The molecule has 8 heteroatoms. The monoisotopic (exact) mass is 479 g/mol. The summed E-state index contributed by atoms with van der Waals surface area (Å²) in [6.07, 6.45) is 0.927. The molecule has 1 aliphatic heterocycles. The molecule has 1 atom stereocenters. The number of aliphatic hydroxyl groups excluding tert-OH is 1. The molecule has 0 fully saturated rings. The van der Waals surface area contributed by atoms with E-state index in [2.05, 4.69) is 24.0 Å². The molecule has 8 nitrogen and oxygen atoms in total. The summed E-state index contributed by atoms with van der Waals surface area (Å²) in [6, 6.07) is 10.4. The van der Waals surface area contributed by atoms with Gasteiger partial charge in [-0.3, -0.25) is 9.89 Å². The predicted molar refractivity (Wildman–Crippen MR) is 133 cm³/mol. The normalized spacial score (nSPS) is 15.1. The topological polar surface area (TPSA) is 108 Å². The number of nitrogens with one attached hydrogen (secondary N) is 1. The molecule has 3 N–H and O–H groups in total. The number of aromatic hydroxyl groups is 1. The van der Waals surface area contributed by atoms with Crippen molar-refractivity contribution in [2.75, 3.05) is 26.4 Å². The number of nitrogens with zero attached hydrogens (tertiary/aromatic N) is 2. The number of aromatic amines is 1. The molecule has 1 aromatic heterocycles. The maximum atomic E-state index is 13.3. The number of carbonyl (C=O) groups is 1. The Morgan fingerprint density at radius 1 is 1.14 bits per heavy atom. The average Bonchev–Trinajstić information content (AvgIpc) is 3.36. The second kappa shape index (κ2) is 10.4. The van der Waals surface area contributed by atoms with Crippen LogP contribution in [-0.4, -0.2) is 57.6 Å². The van der Waals surface area contributed by atoms with Gasteiger partial charge in [-0.15, -0.1) is 0 Å². The van der Waals surface area contributed by atoms with E-state index in [-0.39, 0.29) is 24.8 Å². The first-order valence-electron chi connectivity index (χ1n) is 12.0. The molecule has 2 heterocycles. The second-order valence-corrected chi connectivity index (χ2v) is 9.18. The van der Waals surface area contributed by atoms with Gasteiger partial charge in [-0.1, -0.05) is 31.5 Å². The molecule has 0 saturated heterocycles. The van der Waals surface area contributed by atoms with Crippen molar-refractivity contribution in [1.82, 2.24) is 15.1 Å². The number of aromatic nitrogens is 2. The number of H-pyrrole nitrogens is 1. The van der Waals surface area contributed by atoms with Crippen LogP contribution >= 0.6 is 0 Å². The summed E-state index contributed by atoms with van der Waals surface area (Å²) >= 11 is 0. The van der Waals surface area contributed by atoms with Gasteiger partial charge in [0.2, 0.25) is 0 Å². The molecule has 0 radical (unpaired) electrons. The molecule has 2 aromatic carbocycles. The zero-order valence-electron chi connectivity index (χ0n) is 20.7. The van der Waals surface area contributed by atoms with Crippen molar-refractivity contribution in [2.24, 2.45) is 5.92 Å². The Morgan fingerprint density at radius 3 is 2.66 bits per heavy atom. The second-order valence-electron chi connectivity index (χ2n) is 9.18. The number of fused-ring (bicyclic) bond motifs is 1. The number of phenols is 1. The Labute approximate surface area is 205 Å². The minimum Gasteiger partial charge on any atom is -0.507 e. The lowest BCUT2D eigenvalue weighted by atomic mass is 9.95. The van der Waals surface area contributed by atoms with Crippen molar-refractivity contribution in [2.45, 2.75) is 40.2 Å². The smallest absolute Gasteiger partial charge is 0.273 e. The third kappa shape index (κ3) is 4.84. The largest absolute Gasteiger partial charge is 0.507 e. The number of carbonyl (C=O) groups excluding carboxylic acids is 1. The van der Waals surface area contributed by atoms with Crippen LogP contribution in [0.3, 0.4) is 0 Å². The summed E-state index contributed by atoms with van der Waals surface area (Å²) in [6.45, 7) is 9.16. The van der Waals surface area contributed by atoms with E-state index in [0.717, 1.165) is 17.5 Å². The average molecular weight is 480 g/mol. The van der Waals surface area contributed by atoms with E-state index in [0.29, 0.717) is 53.1 Å². The third-order valence-corrected chi connectivity index (χ3v) is 6.15. The van der Waals surface area contributed by atoms with Gasteiger partial charge in [-0.25, -0.2) is 0 Å². The summed E-state index contributed by atoms with van der Waals surface area (Å²) in [5.74, 6) is 1.61. The van der Waals surface area contributed by atoms with Crippen LogP contribution in [0.2, 0.25) is 0 Å². The zero-order valence-corrected chi connectivity index (χ0v) is 20.7. The van der Waals surface area contributed by atoms with Crippen LogP contribution in [-0.2, 0) is 0 Å². The van der Waals surface area contributed by atoms with E-state index < -0.39 is 6.04 Å². The predicted octanol–water partition coefficient (Wildman–Crippen LogP) is 4.45. The minimum atomic E-state index is -0.512. The Kier molecular flexibility index (Phi) is 7.31. The lowest BCUT2D eigenvalue weighted by Crippen LogP contribution is -2.32. The third-order valence-electron chi connectivity index (χ3n) is 6.15. The van der Waals surface area contributed by atoms with Crippen molar-refractivity contribution in [3.8, 4) is 28.5 Å². The number of benzene rings is 2. The standard InChI is InChI=1S/C27H33N3O5/c1-5-34-22-15-18(7-9-21(22)35-13-10-16(2)3)26-23-24(19-14-17(4)6-8-20(19)32)28-29-25(23)27(33)30(26)11-12-31/h6-9,14-16,26,31-32H,5,10-13H2,1-4H3,(H,28,29)/t26-/m1/s1. The number of rotatable bonds is 10. The van der Waals surface area contributed by atoms with Gasteiger partial charge in [0.1, 0.15) is 17.1 Å². The minimum absolute atomic E-state index is 0.0839. The van der Waals surface area contributed by atoms with Gasteiger partial charge < -0.3 is 24.6 Å². The van der Waals surface area contributed by atoms with Crippen LogP contribution in [0, 0.1) is 12.8 Å². The van der Waals surface area contributed by atoms with Crippen LogP contribution in [0.5, 0.6) is 17.2 Å². The van der Waals surface area contributed by atoms with E-state index in [4.69, 9.17) is 9.47 Å². The van der Waals surface area contributed by atoms with Gasteiger partial charge in [0, 0.05) is 17.7 Å². The Bertz CT molecular complexity index is 1200. The van der Waals surface area contributed by atoms with Gasteiger partial charge in [0.05, 0.1) is 25.9 Å². The Morgan fingerprint density at radius 2 is 1.94 bits per heavy atom. The van der Waals surface area contributed by atoms with Crippen molar-refractivity contribution >= 4 is 5.91 Å². The number of hydrogen-bond donors (Lipinski definition) is 3. The molecule has 3 aromatic rings. The fourth-order valence-corrected chi connectivity index (χ4v) is 4.41. The number of aryl methyl sites for hydroxylation is 1. The highest BCUT2D eigenvalue weighted by Gasteiger charge is 2.42. The zero-order chi connectivity index (χ0) is 25.1. The highest BCUT2D eigenvalue weighted by atomic mass is 16.5. The number of ether oxygens (including phenoxy) is 2. The van der Waals surface area contributed by atoms with Gasteiger partial charge in [-0.05, 0) is 56.0 Å². The molecule has 0 aliphatic carbocycles. The van der Waals surface area contributed by atoms with Crippen LogP contribution in [0.15, 0.2) is 36.4 Å².